The summed E-state index contributed by atoms with van der Waals surface area (Å²) in [5, 5.41) is 0. The Morgan fingerprint density at radius 3 is 2.22 bits per heavy atom. The minimum absolute atomic E-state index is 0.691. The van der Waals surface area contributed by atoms with Crippen LogP contribution in [0.15, 0.2) is 12.1 Å². The summed E-state index contributed by atoms with van der Waals surface area (Å²) in [6, 6.07) is 4.34. The smallest absolute Gasteiger partial charge is 0.146 e. The van der Waals surface area contributed by atoms with E-state index < -0.39 is 0 Å². The maximum Gasteiger partial charge on any atom is 0.146 e. The molecule has 0 aliphatic carbocycles. The third-order valence-corrected chi connectivity index (χ3v) is 5.20. The lowest BCUT2D eigenvalue weighted by molar-refractivity contribution is 0.230. The SMILES string of the molecule is CCCCC(CC)COc1c(I)cc(I)cc1I. The fourth-order valence-corrected chi connectivity index (χ4v) is 5.66. The number of rotatable bonds is 7. The van der Waals surface area contributed by atoms with Gasteiger partial charge in [-0.25, -0.2) is 0 Å². The molecule has 0 amide bonds. The van der Waals surface area contributed by atoms with Gasteiger partial charge in [-0.05, 0) is 92.2 Å². The van der Waals surface area contributed by atoms with Crippen molar-refractivity contribution in [3.8, 4) is 5.75 Å². The van der Waals surface area contributed by atoms with Crippen LogP contribution < -0.4 is 4.74 Å². The second-order valence-corrected chi connectivity index (χ2v) is 8.00. The zero-order valence-electron chi connectivity index (χ0n) is 10.8. The average molecular weight is 584 g/mol. The van der Waals surface area contributed by atoms with Crippen molar-refractivity contribution in [2.24, 2.45) is 5.92 Å². The fraction of sp³-hybridized carbons (Fsp3) is 0.571. The Kier molecular flexibility index (Phi) is 8.82. The maximum atomic E-state index is 6.05. The predicted octanol–water partition coefficient (Wildman–Crippen LogP) is 6.10. The molecule has 102 valence electrons. The van der Waals surface area contributed by atoms with Crippen molar-refractivity contribution in [1.29, 1.82) is 0 Å². The highest BCUT2D eigenvalue weighted by molar-refractivity contribution is 14.1. The van der Waals surface area contributed by atoms with Gasteiger partial charge in [-0.15, -0.1) is 0 Å². The average Bonchev–Trinajstić information content (AvgIpc) is 2.31. The van der Waals surface area contributed by atoms with E-state index in [1.165, 1.54) is 36.4 Å². The molecule has 0 radical (unpaired) electrons. The standard InChI is InChI=1S/C14H19I3O/c1-3-5-6-10(4-2)9-18-14-12(16)7-11(15)8-13(14)17/h7-8,10H,3-6,9H2,1-2H3. The largest absolute Gasteiger partial charge is 0.491 e. The molecule has 0 saturated carbocycles. The normalized spacial score (nSPS) is 12.5. The van der Waals surface area contributed by atoms with Gasteiger partial charge >= 0.3 is 0 Å². The van der Waals surface area contributed by atoms with E-state index in [4.69, 9.17) is 4.74 Å². The molecule has 0 N–H and O–H groups in total. The number of halogens is 3. The highest BCUT2D eigenvalue weighted by Crippen LogP contribution is 2.30. The molecule has 18 heavy (non-hydrogen) atoms. The van der Waals surface area contributed by atoms with E-state index in [2.05, 4.69) is 93.8 Å². The molecule has 0 heterocycles. The van der Waals surface area contributed by atoms with E-state index in [0.717, 1.165) is 12.4 Å². The third-order valence-electron chi connectivity index (χ3n) is 2.97. The van der Waals surface area contributed by atoms with Crippen LogP contribution in [0.5, 0.6) is 5.75 Å². The van der Waals surface area contributed by atoms with Crippen LogP contribution in [0.4, 0.5) is 0 Å². The van der Waals surface area contributed by atoms with Crippen LogP contribution in [0.25, 0.3) is 0 Å². The Bertz CT molecular complexity index is 356. The molecule has 0 fully saturated rings. The van der Waals surface area contributed by atoms with Gasteiger partial charge in [0.2, 0.25) is 0 Å². The van der Waals surface area contributed by atoms with Crippen molar-refractivity contribution in [1.82, 2.24) is 0 Å². The summed E-state index contributed by atoms with van der Waals surface area (Å²) in [6.45, 7) is 5.36. The Labute approximate surface area is 151 Å². The molecule has 1 unspecified atom stereocenters. The van der Waals surface area contributed by atoms with Crippen molar-refractivity contribution in [3.63, 3.8) is 0 Å². The topological polar surface area (TPSA) is 9.23 Å². The fourth-order valence-electron chi connectivity index (χ4n) is 1.77. The molecule has 1 rings (SSSR count). The van der Waals surface area contributed by atoms with Crippen LogP contribution in [0.2, 0.25) is 0 Å². The highest BCUT2D eigenvalue weighted by atomic mass is 127. The molecule has 0 aliphatic heterocycles. The molecule has 4 heteroatoms. The summed E-state index contributed by atoms with van der Waals surface area (Å²) < 4.78 is 9.76. The van der Waals surface area contributed by atoms with Crippen molar-refractivity contribution in [2.75, 3.05) is 6.61 Å². The van der Waals surface area contributed by atoms with Crippen molar-refractivity contribution < 1.29 is 4.74 Å². The summed E-state index contributed by atoms with van der Waals surface area (Å²) in [5.74, 6) is 1.75. The van der Waals surface area contributed by atoms with E-state index in [1.54, 1.807) is 0 Å². The van der Waals surface area contributed by atoms with Crippen LogP contribution in [0.3, 0.4) is 0 Å². The first-order valence-corrected chi connectivity index (χ1v) is 9.59. The Morgan fingerprint density at radius 2 is 1.72 bits per heavy atom. The molecule has 1 nitrogen and oxygen atoms in total. The van der Waals surface area contributed by atoms with E-state index >= 15 is 0 Å². The second kappa shape index (κ2) is 9.20. The summed E-state index contributed by atoms with van der Waals surface area (Å²) in [7, 11) is 0. The van der Waals surface area contributed by atoms with Crippen LogP contribution in [-0.2, 0) is 0 Å². The summed E-state index contributed by atoms with van der Waals surface area (Å²) in [4.78, 5) is 0. The van der Waals surface area contributed by atoms with Gasteiger partial charge in [0.05, 0.1) is 13.7 Å². The van der Waals surface area contributed by atoms with Gasteiger partial charge in [0.1, 0.15) is 5.75 Å². The number of unbranched alkanes of at least 4 members (excludes halogenated alkanes) is 1. The van der Waals surface area contributed by atoms with E-state index in [1.807, 2.05) is 0 Å². The molecule has 1 atom stereocenters. The summed E-state index contributed by atoms with van der Waals surface area (Å²) >= 11 is 7.08. The van der Waals surface area contributed by atoms with E-state index in [9.17, 15) is 0 Å². The quantitative estimate of drug-likeness (QED) is 0.353. The first-order valence-electron chi connectivity index (χ1n) is 6.35. The third kappa shape index (κ3) is 5.68. The molecule has 0 aromatic heterocycles. The molecular weight excluding hydrogens is 565 g/mol. The summed E-state index contributed by atoms with van der Waals surface area (Å²) in [6.07, 6.45) is 5.07. The minimum Gasteiger partial charge on any atom is -0.491 e. The van der Waals surface area contributed by atoms with Crippen LogP contribution in [0.1, 0.15) is 39.5 Å². The Morgan fingerprint density at radius 1 is 1.11 bits per heavy atom. The van der Waals surface area contributed by atoms with Gasteiger partial charge in [-0.2, -0.15) is 0 Å². The molecule has 0 spiro atoms. The number of benzene rings is 1. The minimum atomic E-state index is 0.691. The number of hydrogen-bond donors (Lipinski definition) is 0. The number of hydrogen-bond acceptors (Lipinski definition) is 1. The predicted molar refractivity (Wildman–Crippen MR) is 103 cm³/mol. The first kappa shape index (κ1) is 17.3. The van der Waals surface area contributed by atoms with Gasteiger partial charge < -0.3 is 4.74 Å². The van der Waals surface area contributed by atoms with E-state index in [-0.39, 0.29) is 0 Å². The highest BCUT2D eigenvalue weighted by Gasteiger charge is 2.11. The lowest BCUT2D eigenvalue weighted by atomic mass is 10.0. The molecular formula is C14H19I3O. The molecule has 0 saturated heterocycles. The Balaban J connectivity index is 2.62. The second-order valence-electron chi connectivity index (χ2n) is 4.43. The van der Waals surface area contributed by atoms with Crippen LogP contribution in [0, 0.1) is 16.6 Å². The van der Waals surface area contributed by atoms with Gasteiger partial charge in [0.25, 0.3) is 0 Å². The van der Waals surface area contributed by atoms with Gasteiger partial charge in [0.15, 0.2) is 0 Å². The Hall–Kier alpha value is 1.21. The zero-order valence-corrected chi connectivity index (χ0v) is 17.3. The maximum absolute atomic E-state index is 6.05. The lowest BCUT2D eigenvalue weighted by Gasteiger charge is -2.17. The monoisotopic (exact) mass is 584 g/mol. The molecule has 0 bridgehead atoms. The zero-order chi connectivity index (χ0) is 13.5. The van der Waals surface area contributed by atoms with E-state index in [0.29, 0.717) is 5.92 Å². The summed E-state index contributed by atoms with van der Waals surface area (Å²) in [5.41, 5.74) is 0. The van der Waals surface area contributed by atoms with Crippen molar-refractivity contribution in [3.05, 3.63) is 22.8 Å². The van der Waals surface area contributed by atoms with Gasteiger partial charge in [0, 0.05) is 3.57 Å². The molecule has 0 aliphatic rings. The van der Waals surface area contributed by atoms with Crippen molar-refractivity contribution in [2.45, 2.75) is 39.5 Å². The number of ether oxygens (including phenoxy) is 1. The lowest BCUT2D eigenvalue weighted by Crippen LogP contribution is -2.12. The van der Waals surface area contributed by atoms with Crippen LogP contribution >= 0.6 is 67.8 Å². The molecule has 1 aromatic rings. The molecule has 1 aromatic carbocycles. The van der Waals surface area contributed by atoms with Gasteiger partial charge in [-0.3, -0.25) is 0 Å². The first-order chi connectivity index (χ1) is 8.58. The van der Waals surface area contributed by atoms with Crippen LogP contribution in [-0.4, -0.2) is 6.61 Å². The van der Waals surface area contributed by atoms with Gasteiger partial charge in [-0.1, -0.05) is 33.1 Å². The van der Waals surface area contributed by atoms with Crippen molar-refractivity contribution >= 4 is 67.8 Å².